The van der Waals surface area contributed by atoms with Crippen LogP contribution in [0.2, 0.25) is 10.0 Å². The molecule has 0 aliphatic carbocycles. The Bertz CT molecular complexity index is 1310. The van der Waals surface area contributed by atoms with Crippen molar-refractivity contribution < 1.29 is 24.2 Å². The number of carboxylic acid groups (broad SMARTS) is 1. The summed E-state index contributed by atoms with van der Waals surface area (Å²) in [6.07, 6.45) is 1.39. The molecule has 3 aromatic carbocycles. The normalized spacial score (nSPS) is 10.8. The zero-order chi connectivity index (χ0) is 24.7. The first kappa shape index (κ1) is 24.6. The highest BCUT2D eigenvalue weighted by molar-refractivity contribution is 6.42. The van der Waals surface area contributed by atoms with Crippen molar-refractivity contribution >= 4 is 46.8 Å². The molecule has 0 saturated carbocycles. The van der Waals surface area contributed by atoms with Gasteiger partial charge in [0.2, 0.25) is 0 Å². The van der Waals surface area contributed by atoms with Crippen LogP contribution in [0.4, 0.5) is 5.69 Å². The van der Waals surface area contributed by atoms with Gasteiger partial charge in [-0.2, -0.15) is 5.26 Å². The largest absolute Gasteiger partial charge is 0.493 e. The van der Waals surface area contributed by atoms with Crippen LogP contribution >= 0.6 is 23.2 Å². The Morgan fingerprint density at radius 1 is 1.06 bits per heavy atom. The summed E-state index contributed by atoms with van der Waals surface area (Å²) in [4.78, 5) is 23.6. The van der Waals surface area contributed by atoms with Gasteiger partial charge >= 0.3 is 5.97 Å². The van der Waals surface area contributed by atoms with Crippen molar-refractivity contribution in [2.24, 2.45) is 0 Å². The quantitative estimate of drug-likeness (QED) is 0.300. The van der Waals surface area contributed by atoms with E-state index in [1.165, 1.54) is 37.5 Å². The van der Waals surface area contributed by atoms with Crippen molar-refractivity contribution in [3.05, 3.63) is 93.0 Å². The van der Waals surface area contributed by atoms with Gasteiger partial charge < -0.3 is 19.9 Å². The fourth-order valence-corrected chi connectivity index (χ4v) is 3.25. The molecular weight excluding hydrogens is 479 g/mol. The van der Waals surface area contributed by atoms with Gasteiger partial charge in [0.1, 0.15) is 18.2 Å². The second-order valence-corrected chi connectivity index (χ2v) is 7.77. The number of carbonyl (C=O) groups is 2. The van der Waals surface area contributed by atoms with E-state index in [2.05, 4.69) is 5.32 Å². The number of halogens is 2. The van der Waals surface area contributed by atoms with E-state index < -0.39 is 11.9 Å². The average Bonchev–Trinajstić information content (AvgIpc) is 2.83. The molecule has 0 saturated heterocycles. The number of carboxylic acids is 1. The first-order chi connectivity index (χ1) is 16.3. The molecule has 0 unspecified atom stereocenters. The molecule has 0 aromatic heterocycles. The van der Waals surface area contributed by atoms with Crippen molar-refractivity contribution in [2.45, 2.75) is 6.61 Å². The first-order valence-electron chi connectivity index (χ1n) is 9.82. The number of hydrogen-bond acceptors (Lipinski definition) is 5. The molecule has 34 heavy (non-hydrogen) atoms. The van der Waals surface area contributed by atoms with Crippen LogP contribution in [0.3, 0.4) is 0 Å². The van der Waals surface area contributed by atoms with Crippen molar-refractivity contribution in [1.82, 2.24) is 0 Å². The number of hydrogen-bond donors (Lipinski definition) is 2. The van der Waals surface area contributed by atoms with Crippen LogP contribution in [0.5, 0.6) is 11.5 Å². The monoisotopic (exact) mass is 496 g/mol. The summed E-state index contributed by atoms with van der Waals surface area (Å²) in [6, 6.07) is 17.7. The standard InChI is InChI=1S/C25H18Cl2N2O5/c1-33-23-11-15(6-8-22(23)34-14-16-5-7-20(26)21(27)10-16)9-18(13-28)24(30)29-19-4-2-3-17(12-19)25(31)32/h2-12H,14H2,1H3,(H,29,30)(H,31,32)/b18-9-. The number of rotatable bonds is 8. The highest BCUT2D eigenvalue weighted by Gasteiger charge is 2.13. The van der Waals surface area contributed by atoms with Gasteiger partial charge in [-0.05, 0) is 59.7 Å². The Kier molecular flexibility index (Phi) is 8.14. The lowest BCUT2D eigenvalue weighted by Gasteiger charge is -2.12. The van der Waals surface area contributed by atoms with Crippen LogP contribution < -0.4 is 14.8 Å². The SMILES string of the molecule is COc1cc(/C=C(/C#N)C(=O)Nc2cccc(C(=O)O)c2)ccc1OCc1ccc(Cl)c(Cl)c1. The van der Waals surface area contributed by atoms with Gasteiger partial charge in [-0.25, -0.2) is 4.79 Å². The number of nitrogens with one attached hydrogen (secondary N) is 1. The molecule has 0 atom stereocenters. The van der Waals surface area contributed by atoms with E-state index in [0.29, 0.717) is 27.1 Å². The Morgan fingerprint density at radius 2 is 1.85 bits per heavy atom. The van der Waals surface area contributed by atoms with E-state index in [1.807, 2.05) is 6.07 Å². The maximum Gasteiger partial charge on any atom is 0.335 e. The zero-order valence-corrected chi connectivity index (χ0v) is 19.4. The van der Waals surface area contributed by atoms with Crippen molar-refractivity contribution in [3.8, 4) is 17.6 Å². The Hall–Kier alpha value is -3.99. The van der Waals surface area contributed by atoms with E-state index in [1.54, 1.807) is 36.4 Å². The lowest BCUT2D eigenvalue weighted by atomic mass is 10.1. The summed E-state index contributed by atoms with van der Waals surface area (Å²) in [6.45, 7) is 0.226. The second-order valence-electron chi connectivity index (χ2n) is 6.96. The van der Waals surface area contributed by atoms with E-state index >= 15 is 0 Å². The maximum atomic E-state index is 12.5. The highest BCUT2D eigenvalue weighted by atomic mass is 35.5. The van der Waals surface area contributed by atoms with E-state index in [-0.39, 0.29) is 23.4 Å². The summed E-state index contributed by atoms with van der Waals surface area (Å²) in [5.74, 6) is -0.940. The minimum absolute atomic E-state index is 0.0153. The van der Waals surface area contributed by atoms with Gasteiger partial charge in [-0.15, -0.1) is 0 Å². The fraction of sp³-hybridized carbons (Fsp3) is 0.0800. The minimum Gasteiger partial charge on any atom is -0.493 e. The third-order valence-corrected chi connectivity index (χ3v) is 5.35. The molecule has 3 rings (SSSR count). The molecule has 0 radical (unpaired) electrons. The summed E-state index contributed by atoms with van der Waals surface area (Å²) in [5, 5.41) is 21.9. The molecule has 9 heteroatoms. The third-order valence-electron chi connectivity index (χ3n) is 4.61. The van der Waals surface area contributed by atoms with Crippen LogP contribution in [-0.2, 0) is 11.4 Å². The number of benzene rings is 3. The number of anilines is 1. The van der Waals surface area contributed by atoms with Gasteiger partial charge in [0.25, 0.3) is 5.91 Å². The second kappa shape index (κ2) is 11.2. The van der Waals surface area contributed by atoms with Crippen LogP contribution in [0, 0.1) is 11.3 Å². The molecule has 0 fully saturated rings. The number of ether oxygens (including phenoxy) is 2. The Balaban J connectivity index is 1.76. The van der Waals surface area contributed by atoms with Crippen molar-refractivity contribution in [2.75, 3.05) is 12.4 Å². The molecule has 0 bridgehead atoms. The third kappa shape index (κ3) is 6.29. The number of nitriles is 1. The Labute approximate surface area is 205 Å². The summed E-state index contributed by atoms with van der Waals surface area (Å²) < 4.78 is 11.2. The molecule has 3 aromatic rings. The topological polar surface area (TPSA) is 109 Å². The molecule has 1 amide bonds. The molecule has 0 aliphatic rings. The van der Waals surface area contributed by atoms with Gasteiger partial charge in [0.05, 0.1) is 22.7 Å². The van der Waals surface area contributed by atoms with Gasteiger partial charge in [-0.1, -0.05) is 41.4 Å². The smallest absolute Gasteiger partial charge is 0.335 e. The first-order valence-corrected chi connectivity index (χ1v) is 10.6. The maximum absolute atomic E-state index is 12.5. The van der Waals surface area contributed by atoms with Crippen LogP contribution in [0.1, 0.15) is 21.5 Å². The number of methoxy groups -OCH3 is 1. The molecular formula is C25H18Cl2N2O5. The summed E-state index contributed by atoms with van der Waals surface area (Å²) in [5.41, 5.74) is 1.45. The number of aromatic carboxylic acids is 1. The lowest BCUT2D eigenvalue weighted by molar-refractivity contribution is -0.112. The zero-order valence-electron chi connectivity index (χ0n) is 17.8. The van der Waals surface area contributed by atoms with Crippen LogP contribution in [0.15, 0.2) is 66.2 Å². The lowest BCUT2D eigenvalue weighted by Crippen LogP contribution is -2.14. The number of carbonyl (C=O) groups excluding carboxylic acids is 1. The Morgan fingerprint density at radius 3 is 2.53 bits per heavy atom. The molecule has 172 valence electrons. The van der Waals surface area contributed by atoms with Gasteiger partial charge in [0, 0.05) is 5.69 Å². The van der Waals surface area contributed by atoms with Gasteiger partial charge in [0.15, 0.2) is 11.5 Å². The average molecular weight is 497 g/mol. The molecule has 2 N–H and O–H groups in total. The minimum atomic E-state index is -1.12. The molecule has 7 nitrogen and oxygen atoms in total. The van der Waals surface area contributed by atoms with E-state index in [0.717, 1.165) is 5.56 Å². The van der Waals surface area contributed by atoms with Gasteiger partial charge in [-0.3, -0.25) is 4.79 Å². The van der Waals surface area contributed by atoms with Crippen LogP contribution in [0.25, 0.3) is 6.08 Å². The predicted molar refractivity (Wildman–Crippen MR) is 129 cm³/mol. The predicted octanol–water partition coefficient (Wildman–Crippen LogP) is 5.82. The van der Waals surface area contributed by atoms with Crippen LogP contribution in [-0.4, -0.2) is 24.1 Å². The van der Waals surface area contributed by atoms with Crippen molar-refractivity contribution in [3.63, 3.8) is 0 Å². The number of nitrogens with zero attached hydrogens (tertiary/aromatic N) is 1. The van der Waals surface area contributed by atoms with E-state index in [9.17, 15) is 14.9 Å². The summed E-state index contributed by atoms with van der Waals surface area (Å²) in [7, 11) is 1.47. The molecule has 0 aliphatic heterocycles. The van der Waals surface area contributed by atoms with Crippen molar-refractivity contribution in [1.29, 1.82) is 5.26 Å². The molecule has 0 heterocycles. The molecule has 0 spiro atoms. The fourth-order valence-electron chi connectivity index (χ4n) is 2.93. The van der Waals surface area contributed by atoms with E-state index in [4.69, 9.17) is 37.8 Å². The number of amides is 1. The highest BCUT2D eigenvalue weighted by Crippen LogP contribution is 2.30. The summed E-state index contributed by atoms with van der Waals surface area (Å²) >= 11 is 12.0.